The minimum atomic E-state index is 0.532. The molecule has 0 atom stereocenters. The Hall–Kier alpha value is -1.65. The Labute approximate surface area is 124 Å². The average molecular weight is 294 g/mol. The first kappa shape index (κ1) is 15.4. The molecule has 1 aromatic rings. The largest absolute Gasteiger partial charge is 0.340 e. The van der Waals surface area contributed by atoms with Crippen LogP contribution in [0.3, 0.4) is 0 Å². The van der Waals surface area contributed by atoms with Crippen LogP contribution in [0.4, 0.5) is 0 Å². The summed E-state index contributed by atoms with van der Waals surface area (Å²) in [4.78, 5) is 1.90. The van der Waals surface area contributed by atoms with Crippen molar-refractivity contribution in [2.75, 3.05) is 13.1 Å². The van der Waals surface area contributed by atoms with Crippen molar-refractivity contribution in [3.8, 4) is 0 Å². The zero-order valence-electron chi connectivity index (χ0n) is 10.6. The summed E-state index contributed by atoms with van der Waals surface area (Å²) >= 11 is 11.0. The molecule has 0 saturated carbocycles. The molecule has 1 rings (SSSR count). The number of nitrogens with one attached hydrogen (secondary N) is 1. The van der Waals surface area contributed by atoms with E-state index in [0.717, 1.165) is 5.56 Å². The highest BCUT2D eigenvalue weighted by Crippen LogP contribution is 2.07. The molecule has 0 unspecified atom stereocenters. The lowest BCUT2D eigenvalue weighted by Crippen LogP contribution is -2.37. The number of halogens is 1. The Balaban J connectivity index is 2.54. The van der Waals surface area contributed by atoms with Gasteiger partial charge in [-0.15, -0.1) is 13.2 Å². The van der Waals surface area contributed by atoms with Crippen molar-refractivity contribution in [1.29, 1.82) is 0 Å². The third-order valence-corrected chi connectivity index (χ3v) is 2.83. The molecule has 19 heavy (non-hydrogen) atoms. The number of hydrogen-bond acceptors (Lipinski definition) is 2. The van der Waals surface area contributed by atoms with E-state index in [2.05, 4.69) is 23.7 Å². The molecular weight excluding hydrogens is 278 g/mol. The predicted octanol–water partition coefficient (Wildman–Crippen LogP) is 3.22. The van der Waals surface area contributed by atoms with Gasteiger partial charge in [0, 0.05) is 18.1 Å². The van der Waals surface area contributed by atoms with Crippen LogP contribution in [0.15, 0.2) is 54.7 Å². The standard InChI is InChI=1S/C14H16ClN3S/c1-3-9-18(10-4-2)14(19)17-16-11-12-5-7-13(15)8-6-12/h3-8,11H,1-2,9-10H2,(H,17,19)/b16-11-. The van der Waals surface area contributed by atoms with Gasteiger partial charge in [0.2, 0.25) is 0 Å². The summed E-state index contributed by atoms with van der Waals surface area (Å²) in [6.07, 6.45) is 5.24. The van der Waals surface area contributed by atoms with Crippen molar-refractivity contribution >= 4 is 35.1 Å². The van der Waals surface area contributed by atoms with E-state index in [0.29, 0.717) is 23.2 Å². The van der Waals surface area contributed by atoms with Crippen LogP contribution in [-0.2, 0) is 0 Å². The van der Waals surface area contributed by atoms with Crippen LogP contribution in [-0.4, -0.2) is 29.3 Å². The van der Waals surface area contributed by atoms with Crippen molar-refractivity contribution in [3.05, 3.63) is 60.2 Å². The van der Waals surface area contributed by atoms with Crippen LogP contribution in [0.5, 0.6) is 0 Å². The first-order valence-corrected chi connectivity index (χ1v) is 6.51. The molecule has 1 aromatic carbocycles. The van der Waals surface area contributed by atoms with Gasteiger partial charge in [-0.05, 0) is 29.9 Å². The molecule has 0 aliphatic heterocycles. The smallest absolute Gasteiger partial charge is 0.190 e. The molecule has 0 heterocycles. The highest BCUT2D eigenvalue weighted by atomic mass is 35.5. The highest BCUT2D eigenvalue weighted by molar-refractivity contribution is 7.80. The monoisotopic (exact) mass is 293 g/mol. The number of hydrogen-bond donors (Lipinski definition) is 1. The van der Waals surface area contributed by atoms with E-state index >= 15 is 0 Å². The van der Waals surface area contributed by atoms with E-state index in [1.54, 1.807) is 18.4 Å². The van der Waals surface area contributed by atoms with Gasteiger partial charge in [0.05, 0.1) is 6.21 Å². The Kier molecular flexibility index (Phi) is 6.85. The lowest BCUT2D eigenvalue weighted by molar-refractivity contribution is 0.504. The van der Waals surface area contributed by atoms with Gasteiger partial charge in [-0.1, -0.05) is 35.9 Å². The lowest BCUT2D eigenvalue weighted by atomic mass is 10.2. The molecule has 0 radical (unpaired) electrons. The van der Waals surface area contributed by atoms with Gasteiger partial charge in [-0.3, -0.25) is 5.43 Å². The maximum atomic E-state index is 5.80. The lowest BCUT2D eigenvalue weighted by Gasteiger charge is -2.20. The van der Waals surface area contributed by atoms with Gasteiger partial charge >= 0.3 is 0 Å². The molecule has 0 spiro atoms. The summed E-state index contributed by atoms with van der Waals surface area (Å²) in [7, 11) is 0. The fraction of sp³-hybridized carbons (Fsp3) is 0.143. The van der Waals surface area contributed by atoms with E-state index in [-0.39, 0.29) is 0 Å². The van der Waals surface area contributed by atoms with Crippen molar-refractivity contribution in [2.45, 2.75) is 0 Å². The third kappa shape index (κ3) is 5.68. The summed E-state index contributed by atoms with van der Waals surface area (Å²) in [5.41, 5.74) is 3.76. The van der Waals surface area contributed by atoms with Gasteiger partial charge < -0.3 is 4.90 Å². The number of benzene rings is 1. The van der Waals surface area contributed by atoms with Crippen molar-refractivity contribution in [1.82, 2.24) is 10.3 Å². The summed E-state index contributed by atoms with van der Waals surface area (Å²) < 4.78 is 0. The zero-order valence-corrected chi connectivity index (χ0v) is 12.1. The second-order valence-electron chi connectivity index (χ2n) is 3.71. The molecule has 100 valence electrons. The molecular formula is C14H16ClN3S. The Morgan fingerprint density at radius 2 is 1.84 bits per heavy atom. The minimum absolute atomic E-state index is 0.532. The number of nitrogens with zero attached hydrogens (tertiary/aromatic N) is 2. The maximum absolute atomic E-state index is 5.80. The number of thiocarbonyl (C=S) groups is 1. The molecule has 0 aliphatic carbocycles. The number of rotatable bonds is 6. The van der Waals surface area contributed by atoms with E-state index in [1.165, 1.54) is 0 Å². The molecule has 0 aliphatic rings. The summed E-state index contributed by atoms with van der Waals surface area (Å²) in [6.45, 7) is 8.67. The predicted molar refractivity (Wildman–Crippen MR) is 86.7 cm³/mol. The third-order valence-electron chi connectivity index (χ3n) is 2.23. The van der Waals surface area contributed by atoms with Crippen LogP contribution in [0.25, 0.3) is 0 Å². The van der Waals surface area contributed by atoms with Gasteiger partial charge in [0.1, 0.15) is 0 Å². The molecule has 0 fully saturated rings. The van der Waals surface area contributed by atoms with E-state index in [1.807, 2.05) is 29.2 Å². The Bertz CT molecular complexity index is 458. The fourth-order valence-electron chi connectivity index (χ4n) is 1.33. The van der Waals surface area contributed by atoms with Gasteiger partial charge in [-0.2, -0.15) is 5.10 Å². The van der Waals surface area contributed by atoms with Gasteiger partial charge in [-0.25, -0.2) is 0 Å². The van der Waals surface area contributed by atoms with E-state index in [4.69, 9.17) is 23.8 Å². The normalized spacial score (nSPS) is 10.2. The van der Waals surface area contributed by atoms with Crippen LogP contribution >= 0.6 is 23.8 Å². The topological polar surface area (TPSA) is 27.6 Å². The zero-order chi connectivity index (χ0) is 14.1. The SMILES string of the molecule is C=CCN(CC=C)C(=S)N/N=C\c1ccc(Cl)cc1. The second-order valence-corrected chi connectivity index (χ2v) is 4.53. The molecule has 3 nitrogen and oxygen atoms in total. The first-order valence-electron chi connectivity index (χ1n) is 5.72. The summed E-state index contributed by atoms with van der Waals surface area (Å²) in [6, 6.07) is 7.37. The van der Waals surface area contributed by atoms with E-state index < -0.39 is 0 Å². The van der Waals surface area contributed by atoms with Crippen molar-refractivity contribution < 1.29 is 0 Å². The van der Waals surface area contributed by atoms with Crippen molar-refractivity contribution in [3.63, 3.8) is 0 Å². The maximum Gasteiger partial charge on any atom is 0.190 e. The first-order chi connectivity index (χ1) is 9.17. The molecule has 5 heteroatoms. The average Bonchev–Trinajstić information content (AvgIpc) is 2.40. The Morgan fingerprint density at radius 3 is 2.37 bits per heavy atom. The van der Waals surface area contributed by atoms with Gasteiger partial charge in [0.25, 0.3) is 0 Å². The second kappa shape index (κ2) is 8.45. The van der Waals surface area contributed by atoms with E-state index in [9.17, 15) is 0 Å². The summed E-state index contributed by atoms with van der Waals surface area (Å²) in [5, 5.41) is 5.32. The van der Waals surface area contributed by atoms with Crippen LogP contribution in [0, 0.1) is 0 Å². The fourth-order valence-corrected chi connectivity index (χ4v) is 1.66. The summed E-state index contributed by atoms with van der Waals surface area (Å²) in [5.74, 6) is 0. The molecule has 1 N–H and O–H groups in total. The molecule has 0 aromatic heterocycles. The highest BCUT2D eigenvalue weighted by Gasteiger charge is 2.03. The van der Waals surface area contributed by atoms with Crippen LogP contribution in [0.1, 0.15) is 5.56 Å². The van der Waals surface area contributed by atoms with Crippen LogP contribution in [0.2, 0.25) is 5.02 Å². The van der Waals surface area contributed by atoms with Crippen molar-refractivity contribution in [2.24, 2.45) is 5.10 Å². The quantitative estimate of drug-likeness (QED) is 0.378. The van der Waals surface area contributed by atoms with Crippen LogP contribution < -0.4 is 5.43 Å². The molecule has 0 amide bonds. The number of hydrazone groups is 1. The molecule has 0 saturated heterocycles. The minimum Gasteiger partial charge on any atom is -0.340 e. The van der Waals surface area contributed by atoms with Gasteiger partial charge in [0.15, 0.2) is 5.11 Å². The molecule has 0 bridgehead atoms. The Morgan fingerprint density at radius 1 is 1.26 bits per heavy atom.